The molecular weight excluding hydrogens is 314 g/mol. The first kappa shape index (κ1) is 16.0. The van der Waals surface area contributed by atoms with Crippen molar-refractivity contribution in [2.45, 2.75) is 4.90 Å². The number of sulfonamides is 1. The number of hydrogen-bond donors (Lipinski definition) is 1. The van der Waals surface area contributed by atoms with Gasteiger partial charge in [0.05, 0.1) is 16.4 Å². The number of aliphatic hydroxyl groups excluding tert-OH is 1. The van der Waals surface area contributed by atoms with Gasteiger partial charge in [-0.25, -0.2) is 16.8 Å². The van der Waals surface area contributed by atoms with E-state index in [0.717, 1.165) is 4.31 Å². The van der Waals surface area contributed by atoms with Gasteiger partial charge >= 0.3 is 0 Å². The van der Waals surface area contributed by atoms with E-state index >= 15 is 0 Å². The van der Waals surface area contributed by atoms with Crippen LogP contribution >= 0.6 is 0 Å². The van der Waals surface area contributed by atoms with Crippen LogP contribution in [-0.2, 0) is 19.9 Å². The van der Waals surface area contributed by atoms with Gasteiger partial charge < -0.3 is 5.11 Å². The Labute approximate surface area is 124 Å². The number of sulfone groups is 1. The van der Waals surface area contributed by atoms with Gasteiger partial charge in [-0.05, 0) is 12.1 Å². The summed E-state index contributed by atoms with van der Waals surface area (Å²) in [4.78, 5) is 0.0326. The molecule has 1 saturated heterocycles. The molecule has 8 heteroatoms. The summed E-state index contributed by atoms with van der Waals surface area (Å²) in [6.07, 6.45) is 0. The number of nitrogens with zero attached hydrogens (tertiary/aromatic N) is 1. The van der Waals surface area contributed by atoms with Crippen molar-refractivity contribution in [3.63, 3.8) is 0 Å². The summed E-state index contributed by atoms with van der Waals surface area (Å²) in [5, 5.41) is 8.73. The lowest BCUT2D eigenvalue weighted by atomic mass is 10.2. The van der Waals surface area contributed by atoms with Gasteiger partial charge in [0.2, 0.25) is 10.0 Å². The van der Waals surface area contributed by atoms with Crippen molar-refractivity contribution in [3.05, 3.63) is 29.8 Å². The molecule has 1 heterocycles. The minimum Gasteiger partial charge on any atom is -0.384 e. The summed E-state index contributed by atoms with van der Waals surface area (Å²) in [7, 11) is -6.94. The molecule has 1 fully saturated rings. The van der Waals surface area contributed by atoms with E-state index in [2.05, 4.69) is 11.8 Å². The second-order valence-corrected chi connectivity index (χ2v) is 8.72. The van der Waals surface area contributed by atoms with Crippen LogP contribution in [0.2, 0.25) is 0 Å². The molecule has 1 N–H and O–H groups in total. The van der Waals surface area contributed by atoms with Crippen molar-refractivity contribution in [2.75, 3.05) is 31.2 Å². The predicted molar refractivity (Wildman–Crippen MR) is 77.8 cm³/mol. The smallest absolute Gasteiger partial charge is 0.244 e. The zero-order chi connectivity index (χ0) is 15.5. The molecule has 6 nitrogen and oxygen atoms in total. The first-order chi connectivity index (χ1) is 9.87. The third kappa shape index (κ3) is 3.63. The lowest BCUT2D eigenvalue weighted by molar-refractivity contribution is 0.350. The van der Waals surface area contributed by atoms with Gasteiger partial charge in [0, 0.05) is 18.7 Å². The van der Waals surface area contributed by atoms with E-state index in [4.69, 9.17) is 5.11 Å². The molecule has 0 unspecified atom stereocenters. The normalized spacial score (nSPS) is 18.7. The predicted octanol–water partition coefficient (Wildman–Crippen LogP) is -0.550. The molecule has 0 aliphatic carbocycles. The van der Waals surface area contributed by atoms with E-state index in [1.165, 1.54) is 6.07 Å². The summed E-state index contributed by atoms with van der Waals surface area (Å²) in [6.45, 7) is -0.463. The molecule has 2 rings (SSSR count). The lowest BCUT2D eigenvalue weighted by Crippen LogP contribution is -2.43. The maximum Gasteiger partial charge on any atom is 0.244 e. The molecule has 0 atom stereocenters. The minimum absolute atomic E-state index is 0.0326. The van der Waals surface area contributed by atoms with Crippen LogP contribution in [0.4, 0.5) is 0 Å². The highest BCUT2D eigenvalue weighted by Gasteiger charge is 2.32. The molecule has 0 saturated carbocycles. The van der Waals surface area contributed by atoms with Crippen LogP contribution < -0.4 is 0 Å². The molecule has 0 amide bonds. The second kappa shape index (κ2) is 6.15. The Kier molecular flexibility index (Phi) is 4.68. The summed E-state index contributed by atoms with van der Waals surface area (Å²) < 4.78 is 49.1. The molecule has 1 aliphatic rings. The van der Waals surface area contributed by atoms with Crippen molar-refractivity contribution in [3.8, 4) is 11.8 Å². The zero-order valence-electron chi connectivity index (χ0n) is 11.2. The van der Waals surface area contributed by atoms with E-state index in [0.29, 0.717) is 5.56 Å². The van der Waals surface area contributed by atoms with E-state index < -0.39 is 19.9 Å². The monoisotopic (exact) mass is 329 g/mol. The van der Waals surface area contributed by atoms with Gasteiger partial charge in [-0.15, -0.1) is 0 Å². The van der Waals surface area contributed by atoms with Crippen LogP contribution in [0.1, 0.15) is 5.56 Å². The summed E-state index contributed by atoms with van der Waals surface area (Å²) in [6, 6.07) is 6.22. The average molecular weight is 329 g/mol. The fraction of sp³-hybridized carbons (Fsp3) is 0.385. The summed E-state index contributed by atoms with van der Waals surface area (Å²) >= 11 is 0. The zero-order valence-corrected chi connectivity index (χ0v) is 12.8. The Morgan fingerprint density at radius 1 is 1.19 bits per heavy atom. The highest BCUT2D eigenvalue weighted by atomic mass is 32.2. The Hall–Kier alpha value is -1.40. The molecule has 1 aliphatic heterocycles. The molecule has 1 aromatic carbocycles. The number of benzene rings is 1. The topological polar surface area (TPSA) is 91.8 Å². The standard InChI is InChI=1S/C13H15NO5S2/c15-9-3-5-12-4-1-2-6-13(12)21(18,19)14-7-10-20(16,17)11-8-14/h1-2,4,6,15H,7-11H2. The highest BCUT2D eigenvalue weighted by Crippen LogP contribution is 2.21. The van der Waals surface area contributed by atoms with Crippen molar-refractivity contribution in [2.24, 2.45) is 0 Å². The van der Waals surface area contributed by atoms with Gasteiger partial charge in [-0.1, -0.05) is 24.0 Å². The van der Waals surface area contributed by atoms with E-state index in [-0.39, 0.29) is 36.1 Å². The Morgan fingerprint density at radius 3 is 2.43 bits per heavy atom. The maximum absolute atomic E-state index is 12.6. The van der Waals surface area contributed by atoms with Gasteiger partial charge in [0.1, 0.15) is 6.61 Å². The Balaban J connectivity index is 2.37. The first-order valence-corrected chi connectivity index (χ1v) is 9.52. The van der Waals surface area contributed by atoms with Crippen LogP contribution in [0.15, 0.2) is 29.2 Å². The van der Waals surface area contributed by atoms with Gasteiger partial charge in [0.25, 0.3) is 0 Å². The van der Waals surface area contributed by atoms with Gasteiger partial charge in [-0.2, -0.15) is 4.31 Å². The third-order valence-electron chi connectivity index (χ3n) is 3.11. The lowest BCUT2D eigenvalue weighted by Gasteiger charge is -2.26. The van der Waals surface area contributed by atoms with Gasteiger partial charge in [0.15, 0.2) is 9.84 Å². The molecular formula is C13H15NO5S2. The largest absolute Gasteiger partial charge is 0.384 e. The third-order valence-corrected chi connectivity index (χ3v) is 6.68. The average Bonchev–Trinajstić information content (AvgIpc) is 2.45. The molecule has 0 bridgehead atoms. The quantitative estimate of drug-likeness (QED) is 0.735. The highest BCUT2D eigenvalue weighted by molar-refractivity contribution is 7.92. The van der Waals surface area contributed by atoms with Crippen LogP contribution in [0.3, 0.4) is 0 Å². The van der Waals surface area contributed by atoms with Crippen LogP contribution in [0.25, 0.3) is 0 Å². The molecule has 1 aromatic rings. The van der Waals surface area contributed by atoms with E-state index in [9.17, 15) is 16.8 Å². The molecule has 0 radical (unpaired) electrons. The molecule has 0 spiro atoms. The number of rotatable bonds is 2. The summed E-state index contributed by atoms with van der Waals surface area (Å²) in [5.74, 6) is 4.68. The Bertz CT molecular complexity index is 773. The molecule has 0 aromatic heterocycles. The minimum atomic E-state index is -3.79. The van der Waals surface area contributed by atoms with Gasteiger partial charge in [-0.3, -0.25) is 0 Å². The van der Waals surface area contributed by atoms with E-state index in [1.807, 2.05) is 0 Å². The van der Waals surface area contributed by atoms with Crippen LogP contribution in [0.5, 0.6) is 0 Å². The summed E-state index contributed by atoms with van der Waals surface area (Å²) in [5.41, 5.74) is 0.292. The second-order valence-electron chi connectivity index (χ2n) is 4.51. The fourth-order valence-corrected chi connectivity index (χ4v) is 5.03. The SMILES string of the molecule is O=S1(=O)CCN(S(=O)(=O)c2ccccc2C#CCO)CC1. The molecule has 21 heavy (non-hydrogen) atoms. The fourth-order valence-electron chi connectivity index (χ4n) is 2.00. The van der Waals surface area contributed by atoms with Crippen molar-refractivity contribution >= 4 is 19.9 Å². The maximum atomic E-state index is 12.6. The first-order valence-electron chi connectivity index (χ1n) is 6.26. The number of hydrogen-bond acceptors (Lipinski definition) is 5. The van der Waals surface area contributed by atoms with Crippen molar-refractivity contribution in [1.29, 1.82) is 0 Å². The van der Waals surface area contributed by atoms with Crippen LogP contribution in [-0.4, -0.2) is 57.4 Å². The van der Waals surface area contributed by atoms with Crippen molar-refractivity contribution < 1.29 is 21.9 Å². The Morgan fingerprint density at radius 2 is 1.81 bits per heavy atom. The van der Waals surface area contributed by atoms with Crippen LogP contribution in [0, 0.1) is 11.8 Å². The van der Waals surface area contributed by atoms with E-state index in [1.54, 1.807) is 18.2 Å². The molecule has 114 valence electrons. The number of aliphatic hydroxyl groups is 1. The van der Waals surface area contributed by atoms with Crippen molar-refractivity contribution in [1.82, 2.24) is 4.31 Å².